The molecule has 1 atom stereocenters. The van der Waals surface area contributed by atoms with Crippen LogP contribution in [0.25, 0.3) is 5.57 Å². The van der Waals surface area contributed by atoms with Crippen LogP contribution in [-0.2, 0) is 9.57 Å². The minimum absolute atomic E-state index is 0.00123. The van der Waals surface area contributed by atoms with Gasteiger partial charge in [0.25, 0.3) is 5.91 Å². The molecule has 1 heterocycles. The van der Waals surface area contributed by atoms with Crippen LogP contribution < -0.4 is 5.32 Å². The number of aryl methyl sites for hydroxylation is 1. The van der Waals surface area contributed by atoms with Gasteiger partial charge in [0.1, 0.15) is 0 Å². The van der Waals surface area contributed by atoms with Crippen LogP contribution in [0.15, 0.2) is 47.6 Å². The molecular weight excluding hydrogens is 496 g/mol. The number of ketones is 1. The number of oxime groups is 1. The molecule has 3 rings (SSSR count). The zero-order valence-corrected chi connectivity index (χ0v) is 19.5. The van der Waals surface area contributed by atoms with Crippen molar-refractivity contribution in [2.24, 2.45) is 5.16 Å². The summed E-state index contributed by atoms with van der Waals surface area (Å²) in [4.78, 5) is 30.3. The number of allylic oxidation sites excluding steroid dienone is 2. The molecule has 0 aromatic heterocycles. The Kier molecular flexibility index (Phi) is 7.89. The number of carbonyl (C=O) groups excluding carboxylic acids is 2. The molecule has 11 heteroatoms. The molecule has 0 saturated heterocycles. The van der Waals surface area contributed by atoms with Crippen LogP contribution in [0, 0.1) is 6.92 Å². The fraction of sp³-hybridized carbons (Fsp3) is 0.261. The first kappa shape index (κ1) is 25.6. The first-order valence-corrected chi connectivity index (χ1v) is 10.8. The zero-order valence-electron chi connectivity index (χ0n) is 18.0. The van der Waals surface area contributed by atoms with Crippen molar-refractivity contribution in [1.82, 2.24) is 5.32 Å². The number of ether oxygens (including phenoxy) is 1. The van der Waals surface area contributed by atoms with E-state index in [1.807, 2.05) is 0 Å². The maximum absolute atomic E-state index is 13.7. The summed E-state index contributed by atoms with van der Waals surface area (Å²) in [5, 5.41) is 6.35. The smallest absolute Gasteiger partial charge is 0.417 e. The summed E-state index contributed by atoms with van der Waals surface area (Å²) in [7, 11) is 0. The Morgan fingerprint density at radius 1 is 1.18 bits per heavy atom. The van der Waals surface area contributed by atoms with Gasteiger partial charge >= 0.3 is 6.18 Å². The van der Waals surface area contributed by atoms with Crippen LogP contribution in [0.5, 0.6) is 0 Å². The van der Waals surface area contributed by atoms with E-state index in [-0.39, 0.29) is 33.2 Å². The maximum atomic E-state index is 13.7. The molecule has 180 valence electrons. The molecule has 1 aliphatic heterocycles. The van der Waals surface area contributed by atoms with E-state index in [1.165, 1.54) is 24.3 Å². The summed E-state index contributed by atoms with van der Waals surface area (Å²) in [5.74, 6) is -1.03. The Bertz CT molecular complexity index is 1160. The van der Waals surface area contributed by atoms with E-state index in [4.69, 9.17) is 32.8 Å². The standard InChI is InChI=1S/C23H19Cl2F3N2O4/c1-3-33-21-11-20(34-30-21)29-22(32)17-5-4-13(6-12(17)2)19(31)10-18(23(26,27)28)14-7-15(24)9-16(25)8-14/h4-10,20H,3,11H2,1-2H3,(H,29,32). The summed E-state index contributed by atoms with van der Waals surface area (Å²) in [6.07, 6.45) is -4.80. The molecule has 34 heavy (non-hydrogen) atoms. The van der Waals surface area contributed by atoms with E-state index >= 15 is 0 Å². The molecule has 1 unspecified atom stereocenters. The van der Waals surface area contributed by atoms with E-state index in [0.29, 0.717) is 24.1 Å². The van der Waals surface area contributed by atoms with Gasteiger partial charge < -0.3 is 14.9 Å². The number of nitrogens with one attached hydrogen (secondary N) is 1. The Balaban J connectivity index is 1.80. The van der Waals surface area contributed by atoms with Crippen molar-refractivity contribution in [3.05, 3.63) is 74.8 Å². The molecule has 1 N–H and O–H groups in total. The number of benzene rings is 2. The van der Waals surface area contributed by atoms with Crippen LogP contribution >= 0.6 is 23.2 Å². The summed E-state index contributed by atoms with van der Waals surface area (Å²) in [6.45, 7) is 3.76. The van der Waals surface area contributed by atoms with Gasteiger partial charge in [0.2, 0.25) is 12.1 Å². The van der Waals surface area contributed by atoms with Crippen LogP contribution in [0.1, 0.15) is 45.2 Å². The number of amides is 1. The number of nitrogens with zero attached hydrogens (tertiary/aromatic N) is 1. The molecule has 1 amide bonds. The minimum Gasteiger partial charge on any atom is -0.479 e. The molecule has 0 radical (unpaired) electrons. The minimum atomic E-state index is -4.83. The second kappa shape index (κ2) is 10.5. The lowest BCUT2D eigenvalue weighted by atomic mass is 9.98. The number of hydrogen-bond donors (Lipinski definition) is 1. The highest BCUT2D eigenvalue weighted by Crippen LogP contribution is 2.36. The van der Waals surface area contributed by atoms with Gasteiger partial charge in [-0.15, -0.1) is 0 Å². The zero-order chi connectivity index (χ0) is 25.0. The Hall–Kier alpha value is -3.04. The normalized spacial score (nSPS) is 16.0. The second-order valence-corrected chi connectivity index (χ2v) is 8.17. The van der Waals surface area contributed by atoms with Gasteiger partial charge in [0.15, 0.2) is 5.78 Å². The first-order chi connectivity index (χ1) is 16.0. The lowest BCUT2D eigenvalue weighted by Crippen LogP contribution is -2.35. The molecule has 0 bridgehead atoms. The Morgan fingerprint density at radius 3 is 2.44 bits per heavy atom. The number of rotatable bonds is 6. The van der Waals surface area contributed by atoms with Crippen LogP contribution in [0.2, 0.25) is 10.0 Å². The summed E-state index contributed by atoms with van der Waals surface area (Å²) in [6, 6.07) is 7.40. The van der Waals surface area contributed by atoms with Crippen molar-refractivity contribution >= 4 is 46.4 Å². The van der Waals surface area contributed by atoms with Gasteiger partial charge in [-0.3, -0.25) is 9.59 Å². The maximum Gasteiger partial charge on any atom is 0.417 e. The fourth-order valence-corrected chi connectivity index (χ4v) is 3.76. The van der Waals surface area contributed by atoms with Gasteiger partial charge in [-0.2, -0.15) is 13.2 Å². The summed E-state index contributed by atoms with van der Waals surface area (Å²) < 4.78 is 46.2. The number of halogens is 5. The van der Waals surface area contributed by atoms with Crippen molar-refractivity contribution in [2.45, 2.75) is 32.7 Å². The number of hydrogen-bond acceptors (Lipinski definition) is 5. The van der Waals surface area contributed by atoms with Gasteiger partial charge in [0, 0.05) is 21.2 Å². The van der Waals surface area contributed by atoms with E-state index in [1.54, 1.807) is 13.8 Å². The second-order valence-electron chi connectivity index (χ2n) is 7.30. The highest BCUT2D eigenvalue weighted by molar-refractivity contribution is 6.35. The molecule has 0 saturated carbocycles. The molecule has 2 aromatic carbocycles. The van der Waals surface area contributed by atoms with Gasteiger partial charge in [-0.05, 0) is 66.5 Å². The molecule has 0 fully saturated rings. The third-order valence-electron chi connectivity index (χ3n) is 4.75. The van der Waals surface area contributed by atoms with Crippen LogP contribution in [-0.4, -0.2) is 36.6 Å². The predicted molar refractivity (Wildman–Crippen MR) is 122 cm³/mol. The quantitative estimate of drug-likeness (QED) is 0.381. The largest absolute Gasteiger partial charge is 0.479 e. The molecule has 0 spiro atoms. The highest BCUT2D eigenvalue weighted by atomic mass is 35.5. The number of carbonyl (C=O) groups is 2. The van der Waals surface area contributed by atoms with E-state index in [2.05, 4.69) is 10.5 Å². The average Bonchev–Trinajstić information content (AvgIpc) is 3.17. The summed E-state index contributed by atoms with van der Waals surface area (Å²) >= 11 is 11.7. The van der Waals surface area contributed by atoms with Gasteiger partial charge in [0.05, 0.1) is 18.6 Å². The lowest BCUT2D eigenvalue weighted by Gasteiger charge is -2.14. The van der Waals surface area contributed by atoms with Crippen molar-refractivity contribution in [1.29, 1.82) is 0 Å². The van der Waals surface area contributed by atoms with Crippen LogP contribution in [0.3, 0.4) is 0 Å². The summed E-state index contributed by atoms with van der Waals surface area (Å²) in [5.41, 5.74) is -0.934. The van der Waals surface area contributed by atoms with Crippen LogP contribution in [0.4, 0.5) is 13.2 Å². The molecular formula is C23H19Cl2F3N2O4. The lowest BCUT2D eigenvalue weighted by molar-refractivity contribution is -0.0689. The van der Waals surface area contributed by atoms with Crippen molar-refractivity contribution in [2.75, 3.05) is 6.61 Å². The van der Waals surface area contributed by atoms with Crippen molar-refractivity contribution in [3.8, 4) is 0 Å². The number of alkyl halides is 3. The molecule has 1 aliphatic rings. The third kappa shape index (κ3) is 6.30. The van der Waals surface area contributed by atoms with Crippen molar-refractivity contribution < 1.29 is 32.3 Å². The molecule has 0 aliphatic carbocycles. The van der Waals surface area contributed by atoms with E-state index in [0.717, 1.165) is 12.1 Å². The predicted octanol–water partition coefficient (Wildman–Crippen LogP) is 5.96. The van der Waals surface area contributed by atoms with E-state index in [9.17, 15) is 22.8 Å². The first-order valence-electron chi connectivity index (χ1n) is 10.0. The van der Waals surface area contributed by atoms with Gasteiger partial charge in [-0.1, -0.05) is 29.3 Å². The topological polar surface area (TPSA) is 77.0 Å². The Morgan fingerprint density at radius 2 is 1.85 bits per heavy atom. The fourth-order valence-electron chi connectivity index (χ4n) is 3.23. The van der Waals surface area contributed by atoms with Gasteiger partial charge in [-0.25, -0.2) is 0 Å². The molecule has 6 nitrogen and oxygen atoms in total. The average molecular weight is 515 g/mol. The monoisotopic (exact) mass is 514 g/mol. The molecule has 2 aromatic rings. The third-order valence-corrected chi connectivity index (χ3v) is 5.19. The van der Waals surface area contributed by atoms with E-state index < -0.39 is 29.7 Å². The van der Waals surface area contributed by atoms with Crippen molar-refractivity contribution in [3.63, 3.8) is 0 Å². The SMILES string of the molecule is CCOC1=NOC(NC(=O)c2ccc(C(=O)C=C(c3cc(Cl)cc(Cl)c3)C(F)(F)F)cc2C)C1. The Labute approximate surface area is 203 Å². The highest BCUT2D eigenvalue weighted by Gasteiger charge is 2.36.